The lowest BCUT2D eigenvalue weighted by Crippen LogP contribution is -2.54. The molecule has 6 N–H and O–H groups in total. The highest BCUT2D eigenvalue weighted by Crippen LogP contribution is 2.38. The van der Waals surface area contributed by atoms with Crippen molar-refractivity contribution in [2.75, 3.05) is 43.8 Å². The predicted molar refractivity (Wildman–Crippen MR) is 236 cm³/mol. The lowest BCUT2D eigenvalue weighted by atomic mass is 10.0. The van der Waals surface area contributed by atoms with Crippen LogP contribution in [-0.2, 0) is 14.4 Å². The number of carbonyl (C=O) groups excluding carboxylic acids is 6. The minimum atomic E-state index is -1.03. The molecule has 2 saturated heterocycles. The zero-order valence-corrected chi connectivity index (χ0v) is 36.6. The van der Waals surface area contributed by atoms with Crippen molar-refractivity contribution in [2.24, 2.45) is 0 Å². The number of carbonyl (C=O) groups is 6. The fourth-order valence-electron chi connectivity index (χ4n) is 8.10. The summed E-state index contributed by atoms with van der Waals surface area (Å²) in [4.78, 5) is 82.7. The van der Waals surface area contributed by atoms with Crippen molar-refractivity contribution in [2.45, 2.75) is 82.9 Å². The maximum Gasteiger partial charge on any atom is 0.314 e. The van der Waals surface area contributed by atoms with Gasteiger partial charge in [-0.25, -0.2) is 14.2 Å². The summed E-state index contributed by atoms with van der Waals surface area (Å²) in [6.07, 6.45) is 9.18. The van der Waals surface area contributed by atoms with Crippen LogP contribution in [0.3, 0.4) is 0 Å². The molecule has 0 radical (unpaired) electrons. The van der Waals surface area contributed by atoms with E-state index in [-0.39, 0.29) is 63.6 Å². The van der Waals surface area contributed by atoms with Crippen LogP contribution in [0.15, 0.2) is 55.0 Å². The number of fused-ring (bicyclic) bond motifs is 1. The Balaban J connectivity index is 0.760. The normalized spacial score (nSPS) is 17.0. The van der Waals surface area contributed by atoms with Crippen LogP contribution in [0.4, 0.5) is 20.7 Å². The Bertz CT molecular complexity index is 2440. The van der Waals surface area contributed by atoms with Crippen LogP contribution < -0.4 is 31.7 Å². The number of anilines is 2. The van der Waals surface area contributed by atoms with Crippen molar-refractivity contribution in [1.29, 1.82) is 0 Å². The van der Waals surface area contributed by atoms with Gasteiger partial charge in [0, 0.05) is 85.4 Å². The van der Waals surface area contributed by atoms with Gasteiger partial charge in [0.15, 0.2) is 11.6 Å². The molecule has 2 fully saturated rings. The SMILES string of the molecule is CC(Oc1cc(-c2cnn(C3CCN(C(=O)CCCCNC(=O)NCCCCNc4cccc5c4C(=O)N(C4CCC(=O)NC4=O)C5=O)CC3)c2)cnc1N)c1c(Cl)ccc(F)c1Cl. The highest BCUT2D eigenvalue weighted by atomic mass is 35.5. The summed E-state index contributed by atoms with van der Waals surface area (Å²) >= 11 is 12.5. The molecule has 0 saturated carbocycles. The molecule has 2 aromatic carbocycles. The van der Waals surface area contributed by atoms with Crippen molar-refractivity contribution in [3.63, 3.8) is 0 Å². The summed E-state index contributed by atoms with van der Waals surface area (Å²) < 4.78 is 22.1. The van der Waals surface area contributed by atoms with Crippen LogP contribution in [0.5, 0.6) is 5.75 Å². The second-order valence-corrected chi connectivity index (χ2v) is 16.7. The first-order chi connectivity index (χ1) is 30.8. The van der Waals surface area contributed by atoms with E-state index in [0.29, 0.717) is 76.1 Å². The number of amides is 7. The molecule has 0 spiro atoms. The molecule has 5 heterocycles. The number of unbranched alkanes of at least 4 members (excludes halogenated alkanes) is 2. The Kier molecular flexibility index (Phi) is 14.6. The topological polar surface area (TPSA) is 223 Å². The van der Waals surface area contributed by atoms with E-state index in [2.05, 4.69) is 31.3 Å². The number of nitrogens with zero attached hydrogens (tertiary/aromatic N) is 5. The summed E-state index contributed by atoms with van der Waals surface area (Å²) in [7, 11) is 0. The summed E-state index contributed by atoms with van der Waals surface area (Å²) in [5.74, 6) is -2.31. The van der Waals surface area contributed by atoms with Crippen molar-refractivity contribution in [1.82, 2.24) is 40.5 Å². The third kappa shape index (κ3) is 10.4. The Morgan fingerprint density at radius 3 is 2.44 bits per heavy atom. The number of likely N-dealkylation sites (tertiary alicyclic amines) is 1. The molecule has 20 heteroatoms. The van der Waals surface area contributed by atoms with Crippen LogP contribution in [0, 0.1) is 5.82 Å². The van der Waals surface area contributed by atoms with E-state index in [1.165, 1.54) is 12.1 Å². The lowest BCUT2D eigenvalue weighted by Gasteiger charge is -2.32. The van der Waals surface area contributed by atoms with Crippen molar-refractivity contribution in [3.05, 3.63) is 87.5 Å². The molecule has 338 valence electrons. The number of hydrogen-bond donors (Lipinski definition) is 5. The predicted octanol–water partition coefficient (Wildman–Crippen LogP) is 6.04. The van der Waals surface area contributed by atoms with Crippen LogP contribution in [0.2, 0.25) is 10.0 Å². The number of piperidine rings is 2. The van der Waals surface area contributed by atoms with Gasteiger partial charge in [0.2, 0.25) is 17.7 Å². The molecular weight excluding hydrogens is 870 g/mol. The number of urea groups is 1. The zero-order chi connectivity index (χ0) is 45.5. The number of imide groups is 2. The Labute approximate surface area is 378 Å². The number of ether oxygens (including phenoxy) is 1. The zero-order valence-electron chi connectivity index (χ0n) is 35.1. The number of halogens is 3. The van der Waals surface area contributed by atoms with Crippen LogP contribution >= 0.6 is 23.2 Å². The smallest absolute Gasteiger partial charge is 0.314 e. The van der Waals surface area contributed by atoms with E-state index in [1.54, 1.807) is 43.6 Å². The Hall–Kier alpha value is -6.27. The van der Waals surface area contributed by atoms with Crippen molar-refractivity contribution >= 4 is 70.3 Å². The summed E-state index contributed by atoms with van der Waals surface area (Å²) in [5, 5.41) is 15.8. The van der Waals surface area contributed by atoms with Gasteiger partial charge in [-0.1, -0.05) is 29.3 Å². The van der Waals surface area contributed by atoms with Gasteiger partial charge >= 0.3 is 6.03 Å². The average Bonchev–Trinajstić information content (AvgIpc) is 3.87. The first-order valence-corrected chi connectivity index (χ1v) is 22.0. The fourth-order valence-corrected chi connectivity index (χ4v) is 8.78. The van der Waals surface area contributed by atoms with E-state index in [1.807, 2.05) is 15.8 Å². The highest BCUT2D eigenvalue weighted by Gasteiger charge is 2.45. The van der Waals surface area contributed by atoms with Crippen LogP contribution in [-0.4, -0.2) is 98.9 Å². The first kappa shape index (κ1) is 45.7. The Morgan fingerprint density at radius 2 is 1.69 bits per heavy atom. The van der Waals surface area contributed by atoms with Crippen molar-refractivity contribution in [3.8, 4) is 16.9 Å². The third-order valence-corrected chi connectivity index (χ3v) is 12.3. The molecule has 7 rings (SSSR count). The molecule has 17 nitrogen and oxygen atoms in total. The minimum absolute atomic E-state index is 0.0470. The third-order valence-electron chi connectivity index (χ3n) is 11.6. The molecular formula is C44H49Cl2FN10O7. The standard InChI is InChI=1S/C44H49Cl2FN10O7/c1-25(37-30(45)10-11-31(47)39(37)46)64-34-21-26(22-52-40(34)48)27-23-53-56(24-27)28-14-19-55(20-15-28)36(59)9-2-3-17-50-44(63)51-18-5-4-16-49-32-8-6-7-29-38(32)43(62)57(42(29)61)33-12-13-35(58)54-41(33)60/h6-8,10-11,21-25,28,33,49H,2-5,9,12-20H2,1H3,(H2,48,52)(H2,50,51,63)(H,54,58,60). The number of hydrogen-bond acceptors (Lipinski definition) is 11. The van der Waals surface area contributed by atoms with Crippen LogP contribution in [0.25, 0.3) is 11.1 Å². The average molecular weight is 920 g/mol. The minimum Gasteiger partial charge on any atom is -0.482 e. The number of nitrogens with one attached hydrogen (secondary N) is 4. The molecule has 2 unspecified atom stereocenters. The Morgan fingerprint density at radius 1 is 0.953 bits per heavy atom. The van der Waals surface area contributed by atoms with Gasteiger partial charge in [-0.3, -0.25) is 38.9 Å². The molecule has 64 heavy (non-hydrogen) atoms. The number of benzene rings is 2. The van der Waals surface area contributed by atoms with Crippen molar-refractivity contribution < 1.29 is 37.9 Å². The molecule has 4 aromatic rings. The number of nitrogen functional groups attached to an aromatic ring is 1. The molecule has 0 bridgehead atoms. The highest BCUT2D eigenvalue weighted by molar-refractivity contribution is 6.36. The van der Waals surface area contributed by atoms with Crippen LogP contribution in [0.1, 0.15) is 103 Å². The van der Waals surface area contributed by atoms with Gasteiger partial charge in [0.1, 0.15) is 18.0 Å². The van der Waals surface area contributed by atoms with E-state index in [4.69, 9.17) is 33.7 Å². The van der Waals surface area contributed by atoms with Gasteiger partial charge in [0.25, 0.3) is 11.8 Å². The van der Waals surface area contributed by atoms with Gasteiger partial charge in [-0.05, 0) is 82.2 Å². The van der Waals surface area contributed by atoms with Gasteiger partial charge in [0.05, 0.1) is 28.4 Å². The second-order valence-electron chi connectivity index (χ2n) is 15.9. The molecule has 2 aromatic heterocycles. The molecule has 0 aliphatic carbocycles. The molecule has 7 amide bonds. The maximum atomic E-state index is 14.1. The summed E-state index contributed by atoms with van der Waals surface area (Å²) in [6.45, 7) is 4.23. The molecule has 2 atom stereocenters. The largest absolute Gasteiger partial charge is 0.482 e. The van der Waals surface area contributed by atoms with Gasteiger partial charge in [-0.2, -0.15) is 5.10 Å². The van der Waals surface area contributed by atoms with Gasteiger partial charge < -0.3 is 31.3 Å². The number of aromatic nitrogens is 3. The first-order valence-electron chi connectivity index (χ1n) is 21.3. The van der Waals surface area contributed by atoms with E-state index >= 15 is 0 Å². The quantitative estimate of drug-likeness (QED) is 0.0467. The lowest BCUT2D eigenvalue weighted by molar-refractivity contribution is -0.136. The van der Waals surface area contributed by atoms with Gasteiger partial charge in [-0.15, -0.1) is 0 Å². The fraction of sp³-hybridized carbons (Fsp3) is 0.409. The van der Waals surface area contributed by atoms with E-state index in [0.717, 1.165) is 28.9 Å². The maximum absolute atomic E-state index is 14.1. The van der Waals surface area contributed by atoms with E-state index < -0.39 is 41.6 Å². The monoisotopic (exact) mass is 918 g/mol. The van der Waals surface area contributed by atoms with E-state index in [9.17, 15) is 33.2 Å². The number of pyridine rings is 1. The summed E-state index contributed by atoms with van der Waals surface area (Å²) in [6, 6.07) is 8.03. The number of nitrogens with two attached hydrogens (primary N) is 1. The number of rotatable bonds is 17. The second kappa shape index (κ2) is 20.5. The summed E-state index contributed by atoms with van der Waals surface area (Å²) in [5.41, 5.74) is 8.84. The molecule has 3 aliphatic heterocycles. The molecule has 3 aliphatic rings.